The minimum atomic E-state index is -3.71. The Morgan fingerprint density at radius 2 is 1.29 bits per heavy atom. The normalized spacial score (nSPS) is 26.0. The van der Waals surface area contributed by atoms with Gasteiger partial charge in [0.2, 0.25) is 0 Å². The molecule has 0 radical (unpaired) electrons. The molecule has 0 spiro atoms. The molecule has 0 amide bonds. The average molecular weight is 380 g/mol. The largest absolute Gasteiger partial charge is 0.349 e. The van der Waals surface area contributed by atoms with Crippen LogP contribution in [0.25, 0.3) is 0 Å². The fourth-order valence-electron chi connectivity index (χ4n) is 3.95. The van der Waals surface area contributed by atoms with Crippen molar-refractivity contribution in [2.45, 2.75) is 51.9 Å². The van der Waals surface area contributed by atoms with E-state index in [1.165, 1.54) is 0 Å². The van der Waals surface area contributed by atoms with E-state index in [0.29, 0.717) is 6.42 Å². The summed E-state index contributed by atoms with van der Waals surface area (Å²) in [6, 6.07) is 0. The molecule has 3 aliphatic carbocycles. The number of rotatable bonds is 10. The fourth-order valence-corrected chi connectivity index (χ4v) is 10.4. The van der Waals surface area contributed by atoms with Crippen LogP contribution in [0, 0.1) is 11.8 Å². The van der Waals surface area contributed by atoms with Gasteiger partial charge in [-0.3, -0.25) is 9.13 Å². The van der Waals surface area contributed by atoms with E-state index in [1.54, 1.807) is 27.7 Å². The Labute approximate surface area is 145 Å². The van der Waals surface area contributed by atoms with E-state index in [-0.39, 0.29) is 38.3 Å². The molecule has 8 heteroatoms. The summed E-state index contributed by atoms with van der Waals surface area (Å²) in [6.45, 7) is 7.95. The second kappa shape index (κ2) is 8.16. The zero-order chi connectivity index (χ0) is 17.8. The van der Waals surface area contributed by atoms with Gasteiger partial charge in [-0.15, -0.1) is 0 Å². The maximum Gasteiger partial charge on any atom is 0.349 e. The smallest absolute Gasteiger partial charge is 0.308 e. The van der Waals surface area contributed by atoms with E-state index >= 15 is 0 Å². The van der Waals surface area contributed by atoms with Crippen LogP contribution in [0.3, 0.4) is 0 Å². The first-order valence-corrected chi connectivity index (χ1v) is 12.0. The standard InChI is InChI=1S/C16H30O6P2/c1-5-19-23(17,20-6-2)16(24(18,21-7-3)22-8-4)13-14-9-11-15(16)12-10-14/h9,11,14-15H,5-8,10,12-13H2,1-4H3/t14-,15+/m0/s1. The van der Waals surface area contributed by atoms with Crippen LogP contribution in [-0.4, -0.2) is 31.3 Å². The van der Waals surface area contributed by atoms with Crippen molar-refractivity contribution in [1.82, 2.24) is 0 Å². The summed E-state index contributed by atoms with van der Waals surface area (Å²) in [5, 5.41) is 0. The van der Waals surface area contributed by atoms with Crippen molar-refractivity contribution in [2.75, 3.05) is 26.4 Å². The molecule has 0 saturated heterocycles. The first-order valence-electron chi connectivity index (χ1n) is 8.89. The first kappa shape index (κ1) is 20.4. The summed E-state index contributed by atoms with van der Waals surface area (Å²) in [6.07, 6.45) is 6.35. The van der Waals surface area contributed by atoms with Gasteiger partial charge in [-0.2, -0.15) is 0 Å². The van der Waals surface area contributed by atoms with Gasteiger partial charge in [0, 0.05) is 5.92 Å². The highest BCUT2D eigenvalue weighted by Crippen LogP contribution is 2.84. The minimum absolute atomic E-state index is 0.193. The lowest BCUT2D eigenvalue weighted by Crippen LogP contribution is -2.46. The van der Waals surface area contributed by atoms with Gasteiger partial charge in [0.25, 0.3) is 0 Å². The lowest BCUT2D eigenvalue weighted by Gasteiger charge is -2.52. The molecule has 0 heterocycles. The van der Waals surface area contributed by atoms with Gasteiger partial charge in [-0.25, -0.2) is 0 Å². The Hall–Kier alpha value is 0.0400. The summed E-state index contributed by atoms with van der Waals surface area (Å²) in [7, 11) is -7.43. The Morgan fingerprint density at radius 3 is 1.54 bits per heavy atom. The number of hydrogen-bond acceptors (Lipinski definition) is 6. The first-order chi connectivity index (χ1) is 11.4. The maximum absolute atomic E-state index is 13.9. The van der Waals surface area contributed by atoms with Gasteiger partial charge < -0.3 is 18.1 Å². The molecule has 3 rings (SSSR count). The molecule has 1 saturated carbocycles. The lowest BCUT2D eigenvalue weighted by molar-refractivity contribution is 0.140. The molecule has 0 aromatic heterocycles. The topological polar surface area (TPSA) is 71.1 Å². The van der Waals surface area contributed by atoms with Crippen LogP contribution < -0.4 is 0 Å². The predicted molar refractivity (Wildman–Crippen MR) is 94.4 cm³/mol. The van der Waals surface area contributed by atoms with E-state index < -0.39 is 20.1 Å². The third-order valence-electron chi connectivity index (χ3n) is 4.77. The van der Waals surface area contributed by atoms with Gasteiger partial charge in [0.05, 0.1) is 26.4 Å². The van der Waals surface area contributed by atoms with E-state index in [4.69, 9.17) is 18.1 Å². The SMILES string of the molecule is CCOP(=O)(OCC)C1(P(=O)(OCC)OCC)C[C@H]2C=C[C@@H]1CC2. The van der Waals surface area contributed by atoms with E-state index in [2.05, 4.69) is 6.08 Å². The van der Waals surface area contributed by atoms with Crippen LogP contribution in [0.4, 0.5) is 0 Å². The highest BCUT2D eigenvalue weighted by Gasteiger charge is 2.70. The second-order valence-corrected chi connectivity index (χ2v) is 11.0. The monoisotopic (exact) mass is 380 g/mol. The molecular formula is C16H30O6P2. The van der Waals surface area contributed by atoms with Crippen LogP contribution in [0.5, 0.6) is 0 Å². The molecule has 6 nitrogen and oxygen atoms in total. The predicted octanol–water partition coefficient (Wildman–Crippen LogP) is 5.20. The average Bonchev–Trinajstić information content (AvgIpc) is 2.56. The number of fused-ring (bicyclic) bond motifs is 2. The third kappa shape index (κ3) is 3.22. The zero-order valence-corrected chi connectivity index (χ0v) is 16.9. The Kier molecular flexibility index (Phi) is 6.92. The van der Waals surface area contributed by atoms with Crippen molar-refractivity contribution in [1.29, 1.82) is 0 Å². The Balaban J connectivity index is 2.64. The minimum Gasteiger partial charge on any atom is -0.308 e. The fraction of sp³-hybridized carbons (Fsp3) is 0.875. The van der Waals surface area contributed by atoms with Gasteiger partial charge >= 0.3 is 15.2 Å². The van der Waals surface area contributed by atoms with Crippen molar-refractivity contribution in [2.24, 2.45) is 11.8 Å². The van der Waals surface area contributed by atoms with Gasteiger partial charge in [-0.05, 0) is 52.9 Å². The van der Waals surface area contributed by atoms with Crippen molar-refractivity contribution in [3.63, 3.8) is 0 Å². The summed E-state index contributed by atoms with van der Waals surface area (Å²) in [5.41, 5.74) is 0. The molecule has 0 aliphatic heterocycles. The highest BCUT2D eigenvalue weighted by molar-refractivity contribution is 7.74. The van der Waals surface area contributed by atoms with Crippen LogP contribution in [0.15, 0.2) is 12.2 Å². The Morgan fingerprint density at radius 1 is 0.833 bits per heavy atom. The molecule has 140 valence electrons. The van der Waals surface area contributed by atoms with Crippen LogP contribution >= 0.6 is 15.2 Å². The van der Waals surface area contributed by atoms with Crippen LogP contribution in [-0.2, 0) is 27.2 Å². The van der Waals surface area contributed by atoms with Gasteiger partial charge in [-0.1, -0.05) is 12.2 Å². The molecule has 2 bridgehead atoms. The van der Waals surface area contributed by atoms with Crippen molar-refractivity contribution in [3.05, 3.63) is 12.2 Å². The van der Waals surface area contributed by atoms with Gasteiger partial charge in [0.15, 0.2) is 4.90 Å². The van der Waals surface area contributed by atoms with Crippen LogP contribution in [0.2, 0.25) is 0 Å². The molecule has 3 aliphatic rings. The second-order valence-electron chi connectivity index (χ2n) is 6.08. The molecule has 0 unspecified atom stereocenters. The van der Waals surface area contributed by atoms with E-state index in [0.717, 1.165) is 12.8 Å². The molecular weight excluding hydrogens is 350 g/mol. The summed E-state index contributed by atoms with van der Waals surface area (Å²) >= 11 is 0. The van der Waals surface area contributed by atoms with Crippen molar-refractivity contribution < 1.29 is 27.2 Å². The summed E-state index contributed by atoms with van der Waals surface area (Å²) < 4.78 is 50.4. The summed E-state index contributed by atoms with van der Waals surface area (Å²) in [4.78, 5) is -1.25. The molecule has 0 aromatic rings. The molecule has 0 N–H and O–H groups in total. The maximum atomic E-state index is 13.9. The van der Waals surface area contributed by atoms with Crippen molar-refractivity contribution in [3.8, 4) is 0 Å². The van der Waals surface area contributed by atoms with E-state index in [1.807, 2.05) is 6.08 Å². The quantitative estimate of drug-likeness (QED) is 0.383. The molecule has 1 fully saturated rings. The van der Waals surface area contributed by atoms with Gasteiger partial charge in [0.1, 0.15) is 0 Å². The van der Waals surface area contributed by atoms with E-state index in [9.17, 15) is 9.13 Å². The van der Waals surface area contributed by atoms with Crippen LogP contribution in [0.1, 0.15) is 47.0 Å². The third-order valence-corrected chi connectivity index (χ3v) is 11.6. The summed E-state index contributed by atoms with van der Waals surface area (Å²) in [5.74, 6) is -0.00570. The van der Waals surface area contributed by atoms with Crippen molar-refractivity contribution >= 4 is 15.2 Å². The highest BCUT2D eigenvalue weighted by atomic mass is 31.2. The molecule has 24 heavy (non-hydrogen) atoms. The zero-order valence-electron chi connectivity index (χ0n) is 15.1. The number of allylic oxidation sites excluding steroid dienone is 2. The molecule has 0 aromatic carbocycles. The Bertz CT molecular complexity index is 497. The molecule has 2 atom stereocenters. The lowest BCUT2D eigenvalue weighted by atomic mass is 9.75. The number of hydrogen-bond donors (Lipinski definition) is 0.